The van der Waals surface area contributed by atoms with Crippen LogP contribution in [0.4, 0.5) is 0 Å². The third-order valence-electron chi connectivity index (χ3n) is 2.00. The maximum absolute atomic E-state index is 11.1. The van der Waals surface area contributed by atoms with Gasteiger partial charge in [-0.05, 0) is 31.3 Å². The molecule has 0 radical (unpaired) electrons. The van der Waals surface area contributed by atoms with Gasteiger partial charge >= 0.3 is 0 Å². The molecule has 66 valence electrons. The summed E-state index contributed by atoms with van der Waals surface area (Å²) < 4.78 is 0. The Morgan fingerprint density at radius 3 is 2.17 bits per heavy atom. The third-order valence-corrected chi connectivity index (χ3v) is 2.00. The molecule has 0 aromatic rings. The van der Waals surface area contributed by atoms with E-state index < -0.39 is 0 Å². The molecule has 0 atom stereocenters. The monoisotopic (exact) mass is 164 g/mol. The van der Waals surface area contributed by atoms with Crippen molar-refractivity contribution in [1.82, 2.24) is 0 Å². The van der Waals surface area contributed by atoms with Crippen LogP contribution in [-0.2, 0) is 4.79 Å². The van der Waals surface area contributed by atoms with Gasteiger partial charge in [0.25, 0.3) is 0 Å². The normalized spacial score (nSPS) is 12.2. The Kier molecular flexibility index (Phi) is 4.64. The van der Waals surface area contributed by atoms with E-state index >= 15 is 0 Å². The second kappa shape index (κ2) is 4.97. The molecule has 0 heterocycles. The van der Waals surface area contributed by atoms with Crippen molar-refractivity contribution in [2.24, 2.45) is 0 Å². The first-order chi connectivity index (χ1) is 5.50. The molecular weight excluding hydrogens is 147 g/mol. The maximum Gasteiger partial charge on any atom is 0.146 e. The van der Waals surface area contributed by atoms with Crippen LogP contribution in [0.3, 0.4) is 0 Å². The van der Waals surface area contributed by atoms with Crippen LogP contribution in [0.15, 0.2) is 23.2 Å². The molecule has 0 aliphatic heterocycles. The molecule has 0 bridgehead atoms. The molecule has 2 heteroatoms. The van der Waals surface area contributed by atoms with Crippen molar-refractivity contribution in [2.45, 2.75) is 33.6 Å². The van der Waals surface area contributed by atoms with Gasteiger partial charge in [0.2, 0.25) is 0 Å². The minimum absolute atomic E-state index is 0.154. The lowest BCUT2D eigenvalue weighted by atomic mass is 9.83. The minimum Gasteiger partial charge on any atom is -0.296 e. The third kappa shape index (κ3) is 3.08. The lowest BCUT2D eigenvalue weighted by molar-refractivity contribution is -0.113. The van der Waals surface area contributed by atoms with Crippen LogP contribution in [0, 0.1) is 0 Å². The summed E-state index contributed by atoms with van der Waals surface area (Å²) in [5.74, 6) is 0.154. The van der Waals surface area contributed by atoms with Crippen molar-refractivity contribution in [3.8, 4) is 0 Å². The molecule has 12 heavy (non-hydrogen) atoms. The summed E-state index contributed by atoms with van der Waals surface area (Å²) in [6.45, 7) is 9.54. The van der Waals surface area contributed by atoms with E-state index in [1.54, 1.807) is 6.92 Å². The lowest BCUT2D eigenvalue weighted by Crippen LogP contribution is -2.02. The van der Waals surface area contributed by atoms with Crippen molar-refractivity contribution in [2.75, 3.05) is 0 Å². The van der Waals surface area contributed by atoms with Crippen molar-refractivity contribution < 1.29 is 4.79 Å². The fourth-order valence-corrected chi connectivity index (χ4v) is 1.18. The minimum atomic E-state index is 0.154. The highest BCUT2D eigenvalue weighted by atomic mass is 16.1. The zero-order valence-corrected chi connectivity index (χ0v) is 8.53. The smallest absolute Gasteiger partial charge is 0.146 e. The zero-order valence-electron chi connectivity index (χ0n) is 8.53. The Balaban J connectivity index is 4.80. The highest BCUT2D eigenvalue weighted by molar-refractivity contribution is 6.37. The fraction of sp³-hybridized carbons (Fsp3) is 0.500. The van der Waals surface area contributed by atoms with Crippen molar-refractivity contribution in [1.29, 1.82) is 0 Å². The van der Waals surface area contributed by atoms with Gasteiger partial charge in [-0.1, -0.05) is 25.5 Å². The van der Waals surface area contributed by atoms with E-state index in [4.69, 9.17) is 0 Å². The molecule has 0 amide bonds. The second-order valence-corrected chi connectivity index (χ2v) is 3.19. The van der Waals surface area contributed by atoms with Gasteiger partial charge in [-0.2, -0.15) is 0 Å². The standard InChI is InChI=1S/C10H17BO/c1-5-6-9(7(2)3)10(11)8(4)12/h2,5-6,11H2,1,3-4H3/b10-9+. The van der Waals surface area contributed by atoms with Gasteiger partial charge in [0.15, 0.2) is 0 Å². The molecule has 0 saturated carbocycles. The largest absolute Gasteiger partial charge is 0.296 e. The van der Waals surface area contributed by atoms with Gasteiger partial charge in [-0.15, -0.1) is 0 Å². The lowest BCUT2D eigenvalue weighted by Gasteiger charge is -2.08. The maximum atomic E-state index is 11.1. The molecule has 0 fully saturated rings. The number of rotatable bonds is 4. The molecule has 0 aliphatic carbocycles. The van der Waals surface area contributed by atoms with E-state index in [0.717, 1.165) is 29.5 Å². The molecule has 0 saturated heterocycles. The van der Waals surface area contributed by atoms with Gasteiger partial charge in [-0.25, -0.2) is 0 Å². The van der Waals surface area contributed by atoms with Gasteiger partial charge in [0.1, 0.15) is 13.6 Å². The summed E-state index contributed by atoms with van der Waals surface area (Å²) in [6, 6.07) is 0. The second-order valence-electron chi connectivity index (χ2n) is 3.19. The summed E-state index contributed by atoms with van der Waals surface area (Å²) in [5.41, 5.74) is 3.01. The number of Topliss-reactive ketones (excluding diaryl/α,β-unsaturated/α-hetero) is 1. The highest BCUT2D eigenvalue weighted by Gasteiger charge is 2.05. The summed E-state index contributed by atoms with van der Waals surface area (Å²) in [7, 11) is 1.88. The molecule has 0 N–H and O–H groups in total. The van der Waals surface area contributed by atoms with Crippen molar-refractivity contribution in [3.63, 3.8) is 0 Å². The number of allylic oxidation sites excluding steroid dienone is 3. The fourth-order valence-electron chi connectivity index (χ4n) is 1.18. The predicted molar refractivity (Wildman–Crippen MR) is 56.0 cm³/mol. The Labute approximate surface area is 76.0 Å². The first-order valence-electron chi connectivity index (χ1n) is 4.37. The van der Waals surface area contributed by atoms with Crippen LogP contribution in [-0.4, -0.2) is 13.6 Å². The molecule has 0 aliphatic rings. The van der Waals surface area contributed by atoms with E-state index in [9.17, 15) is 4.79 Å². The Morgan fingerprint density at radius 2 is 1.92 bits per heavy atom. The number of hydrogen-bond donors (Lipinski definition) is 0. The number of ketones is 1. The summed E-state index contributed by atoms with van der Waals surface area (Å²) >= 11 is 0. The van der Waals surface area contributed by atoms with E-state index in [0.29, 0.717) is 0 Å². The van der Waals surface area contributed by atoms with Gasteiger partial charge < -0.3 is 0 Å². The van der Waals surface area contributed by atoms with E-state index in [1.165, 1.54) is 0 Å². The highest BCUT2D eigenvalue weighted by Crippen LogP contribution is 2.17. The zero-order chi connectivity index (χ0) is 9.72. The number of hydrogen-bond acceptors (Lipinski definition) is 1. The summed E-state index contributed by atoms with van der Waals surface area (Å²) in [5, 5.41) is 0. The van der Waals surface area contributed by atoms with Crippen LogP contribution in [0.5, 0.6) is 0 Å². The van der Waals surface area contributed by atoms with Gasteiger partial charge in [-0.3, -0.25) is 4.79 Å². The van der Waals surface area contributed by atoms with Crippen molar-refractivity contribution >= 4 is 13.6 Å². The SMILES string of the molecule is B/C(C(C)=O)=C(\CCC)C(=C)C. The Morgan fingerprint density at radius 1 is 1.42 bits per heavy atom. The van der Waals surface area contributed by atoms with Gasteiger partial charge in [0, 0.05) is 0 Å². The first-order valence-corrected chi connectivity index (χ1v) is 4.37. The first kappa shape index (κ1) is 11.2. The molecule has 0 aromatic heterocycles. The molecule has 1 nitrogen and oxygen atoms in total. The molecule has 0 rings (SSSR count). The summed E-state index contributed by atoms with van der Waals surface area (Å²) in [4.78, 5) is 11.1. The number of carbonyl (C=O) groups excluding carboxylic acids is 1. The van der Waals surface area contributed by atoms with Crippen LogP contribution in [0.1, 0.15) is 33.6 Å². The van der Waals surface area contributed by atoms with Crippen LogP contribution >= 0.6 is 0 Å². The van der Waals surface area contributed by atoms with Crippen LogP contribution < -0.4 is 0 Å². The van der Waals surface area contributed by atoms with Crippen molar-refractivity contribution in [3.05, 3.63) is 23.2 Å². The Bertz CT molecular complexity index is 226. The van der Waals surface area contributed by atoms with Crippen LogP contribution in [0.2, 0.25) is 0 Å². The van der Waals surface area contributed by atoms with E-state index in [-0.39, 0.29) is 5.78 Å². The predicted octanol–water partition coefficient (Wildman–Crippen LogP) is 1.84. The topological polar surface area (TPSA) is 17.1 Å². The molecule has 0 spiro atoms. The number of carbonyl (C=O) groups is 1. The van der Waals surface area contributed by atoms with Gasteiger partial charge in [0.05, 0.1) is 0 Å². The molecule has 0 aromatic carbocycles. The van der Waals surface area contributed by atoms with E-state index in [2.05, 4.69) is 13.5 Å². The average Bonchev–Trinajstić information content (AvgIpc) is 1.98. The average molecular weight is 164 g/mol. The molecule has 0 unspecified atom stereocenters. The van der Waals surface area contributed by atoms with Crippen LogP contribution in [0.25, 0.3) is 0 Å². The molecular formula is C10H17BO. The summed E-state index contributed by atoms with van der Waals surface area (Å²) in [6.07, 6.45) is 2.02. The Hall–Kier alpha value is -0.785. The van der Waals surface area contributed by atoms with E-state index in [1.807, 2.05) is 14.8 Å². The quantitative estimate of drug-likeness (QED) is 0.352.